The van der Waals surface area contributed by atoms with Crippen molar-refractivity contribution in [2.45, 2.75) is 0 Å². The maximum absolute atomic E-state index is 4.35. The summed E-state index contributed by atoms with van der Waals surface area (Å²) in [6, 6.07) is 37.5. The number of pyridine rings is 1. The molecule has 5 aromatic rings. The van der Waals surface area contributed by atoms with Crippen molar-refractivity contribution in [2.24, 2.45) is 0 Å². The minimum absolute atomic E-state index is 0.127. The average molecular weight is 406 g/mol. The first-order valence-electron chi connectivity index (χ1n) is 11.0. The minimum Gasteiger partial charge on any atom is -0.376 e. The fourth-order valence-corrected chi connectivity index (χ4v) is 5.40. The Morgan fingerprint density at radius 2 is 1.19 bits per heavy atom. The molecular formula is C29H19BN2. The smallest absolute Gasteiger partial charge is 0.329 e. The van der Waals surface area contributed by atoms with Gasteiger partial charge in [0.15, 0.2) is 0 Å². The van der Waals surface area contributed by atoms with E-state index in [1.54, 1.807) is 0 Å². The SMILES string of the molecule is c1cncc(-c2ccc3c(c2)B2c4ccccc4-c4ccccc4N2c2ccccc2-3)c1. The lowest BCUT2D eigenvalue weighted by molar-refractivity contribution is 1.33. The van der Waals surface area contributed by atoms with Gasteiger partial charge in [0.05, 0.1) is 0 Å². The second kappa shape index (κ2) is 6.70. The van der Waals surface area contributed by atoms with Gasteiger partial charge >= 0.3 is 6.85 Å². The number of aromatic nitrogens is 1. The van der Waals surface area contributed by atoms with Gasteiger partial charge in [-0.15, -0.1) is 0 Å². The van der Waals surface area contributed by atoms with Crippen molar-refractivity contribution >= 4 is 29.1 Å². The van der Waals surface area contributed by atoms with Gasteiger partial charge in [-0.1, -0.05) is 84.9 Å². The van der Waals surface area contributed by atoms with Gasteiger partial charge in [-0.3, -0.25) is 4.98 Å². The third kappa shape index (κ3) is 2.39. The summed E-state index contributed by atoms with van der Waals surface area (Å²) in [5, 5.41) is 0. The zero-order valence-corrected chi connectivity index (χ0v) is 17.4. The number of benzene rings is 4. The molecule has 0 N–H and O–H groups in total. The van der Waals surface area contributed by atoms with Crippen LogP contribution in [-0.2, 0) is 0 Å². The predicted octanol–water partition coefficient (Wildman–Crippen LogP) is 5.65. The molecule has 148 valence electrons. The zero-order chi connectivity index (χ0) is 21.1. The first-order chi connectivity index (χ1) is 15.9. The van der Waals surface area contributed by atoms with Crippen LogP contribution in [0.1, 0.15) is 0 Å². The van der Waals surface area contributed by atoms with Gasteiger partial charge in [-0.05, 0) is 51.4 Å². The highest BCUT2D eigenvalue weighted by molar-refractivity contribution is 6.92. The normalized spacial score (nSPS) is 12.9. The van der Waals surface area contributed by atoms with E-state index in [0.717, 1.165) is 5.56 Å². The molecule has 0 radical (unpaired) electrons. The van der Waals surface area contributed by atoms with Crippen LogP contribution >= 0.6 is 0 Å². The van der Waals surface area contributed by atoms with Crippen molar-refractivity contribution < 1.29 is 0 Å². The predicted molar refractivity (Wildman–Crippen MR) is 134 cm³/mol. The highest BCUT2D eigenvalue weighted by Gasteiger charge is 2.41. The third-order valence-corrected chi connectivity index (χ3v) is 6.76. The van der Waals surface area contributed by atoms with Crippen LogP contribution in [0.15, 0.2) is 116 Å². The molecule has 0 spiro atoms. The first-order valence-corrected chi connectivity index (χ1v) is 11.0. The summed E-state index contributed by atoms with van der Waals surface area (Å²) >= 11 is 0. The Bertz CT molecular complexity index is 1490. The highest BCUT2D eigenvalue weighted by Crippen LogP contribution is 2.45. The molecule has 7 rings (SSSR count). The van der Waals surface area contributed by atoms with Gasteiger partial charge in [0.1, 0.15) is 0 Å². The van der Waals surface area contributed by atoms with Crippen LogP contribution in [0.5, 0.6) is 0 Å². The minimum atomic E-state index is 0.127. The molecule has 3 heterocycles. The quantitative estimate of drug-likeness (QED) is 0.334. The molecule has 0 saturated carbocycles. The average Bonchev–Trinajstić information content (AvgIpc) is 2.88. The summed E-state index contributed by atoms with van der Waals surface area (Å²) in [5.41, 5.74) is 12.8. The molecular weight excluding hydrogens is 387 g/mol. The Kier molecular flexibility index (Phi) is 3.68. The third-order valence-electron chi connectivity index (χ3n) is 6.76. The number of hydrogen-bond donors (Lipinski definition) is 0. The Hall–Kier alpha value is -4.11. The number of hydrogen-bond acceptors (Lipinski definition) is 2. The van der Waals surface area contributed by atoms with Gasteiger partial charge in [0, 0.05) is 34.9 Å². The Labute approximate surface area is 187 Å². The van der Waals surface area contributed by atoms with Crippen LogP contribution in [0.3, 0.4) is 0 Å². The van der Waals surface area contributed by atoms with Crippen molar-refractivity contribution in [3.05, 3.63) is 116 Å². The second-order valence-electron chi connectivity index (χ2n) is 8.44. The Morgan fingerprint density at radius 3 is 1.91 bits per heavy atom. The number of para-hydroxylation sites is 2. The van der Waals surface area contributed by atoms with E-state index in [9.17, 15) is 0 Å². The molecule has 32 heavy (non-hydrogen) atoms. The second-order valence-corrected chi connectivity index (χ2v) is 8.44. The molecule has 0 amide bonds. The van der Waals surface area contributed by atoms with E-state index in [1.807, 2.05) is 18.5 Å². The molecule has 0 fully saturated rings. The van der Waals surface area contributed by atoms with Crippen LogP contribution in [0, 0.1) is 0 Å². The summed E-state index contributed by atoms with van der Waals surface area (Å²) in [4.78, 5) is 6.88. The van der Waals surface area contributed by atoms with E-state index in [-0.39, 0.29) is 6.85 Å². The van der Waals surface area contributed by atoms with E-state index in [1.165, 1.54) is 50.1 Å². The lowest BCUT2D eigenvalue weighted by atomic mass is 9.43. The maximum atomic E-state index is 4.35. The molecule has 0 atom stereocenters. The van der Waals surface area contributed by atoms with E-state index < -0.39 is 0 Å². The summed E-state index contributed by atoms with van der Waals surface area (Å²) in [6.07, 6.45) is 3.77. The molecule has 0 aliphatic carbocycles. The Morgan fingerprint density at radius 1 is 0.531 bits per heavy atom. The van der Waals surface area contributed by atoms with Gasteiger partial charge < -0.3 is 4.81 Å². The van der Waals surface area contributed by atoms with Crippen LogP contribution in [0.2, 0.25) is 0 Å². The summed E-state index contributed by atoms with van der Waals surface area (Å²) < 4.78 is 0. The lowest BCUT2D eigenvalue weighted by Crippen LogP contribution is -2.59. The van der Waals surface area contributed by atoms with Crippen molar-refractivity contribution in [1.29, 1.82) is 0 Å². The Balaban J connectivity index is 1.57. The highest BCUT2D eigenvalue weighted by atomic mass is 15.1. The summed E-state index contributed by atoms with van der Waals surface area (Å²) in [5.74, 6) is 0. The van der Waals surface area contributed by atoms with E-state index in [4.69, 9.17) is 0 Å². The number of anilines is 2. The molecule has 2 aliphatic rings. The van der Waals surface area contributed by atoms with Crippen molar-refractivity contribution in [1.82, 2.24) is 4.98 Å². The molecule has 4 aromatic carbocycles. The summed E-state index contributed by atoms with van der Waals surface area (Å²) in [6.45, 7) is 0.127. The first kappa shape index (κ1) is 17.6. The number of nitrogens with zero attached hydrogens (tertiary/aromatic N) is 2. The fraction of sp³-hybridized carbons (Fsp3) is 0. The maximum Gasteiger partial charge on any atom is 0.329 e. The van der Waals surface area contributed by atoms with Crippen LogP contribution in [0.4, 0.5) is 11.4 Å². The van der Waals surface area contributed by atoms with E-state index in [0.29, 0.717) is 0 Å². The van der Waals surface area contributed by atoms with E-state index >= 15 is 0 Å². The standard InChI is InChI=1S/C29H19BN2/c1-4-12-26-22(9-1)24-10-2-5-13-28(24)32-29-14-6-3-11-25(29)23-16-15-20(18-27(23)30(26)32)21-8-7-17-31-19-21/h1-19H. The van der Waals surface area contributed by atoms with Crippen LogP contribution < -0.4 is 15.7 Å². The largest absolute Gasteiger partial charge is 0.376 e. The molecule has 0 saturated heterocycles. The molecule has 2 nitrogen and oxygen atoms in total. The zero-order valence-electron chi connectivity index (χ0n) is 17.4. The van der Waals surface area contributed by atoms with Gasteiger partial charge in [-0.2, -0.15) is 0 Å². The summed E-state index contributed by atoms with van der Waals surface area (Å²) in [7, 11) is 0. The monoisotopic (exact) mass is 406 g/mol. The van der Waals surface area contributed by atoms with Crippen molar-refractivity contribution in [2.75, 3.05) is 4.81 Å². The van der Waals surface area contributed by atoms with Crippen LogP contribution in [0.25, 0.3) is 33.4 Å². The lowest BCUT2D eigenvalue weighted by Gasteiger charge is -2.43. The van der Waals surface area contributed by atoms with Gasteiger partial charge in [0.25, 0.3) is 0 Å². The molecule has 3 heteroatoms. The molecule has 2 aliphatic heterocycles. The van der Waals surface area contributed by atoms with Gasteiger partial charge in [0.2, 0.25) is 0 Å². The van der Waals surface area contributed by atoms with E-state index in [2.05, 4.69) is 107 Å². The number of rotatable bonds is 1. The van der Waals surface area contributed by atoms with Crippen molar-refractivity contribution in [3.8, 4) is 33.4 Å². The van der Waals surface area contributed by atoms with Crippen molar-refractivity contribution in [3.63, 3.8) is 0 Å². The van der Waals surface area contributed by atoms with Crippen LogP contribution in [-0.4, -0.2) is 11.8 Å². The molecule has 1 aromatic heterocycles. The molecule has 0 bridgehead atoms. The number of fused-ring (bicyclic) bond motifs is 11. The fourth-order valence-electron chi connectivity index (χ4n) is 5.40. The molecule has 0 unspecified atom stereocenters. The van der Waals surface area contributed by atoms with Gasteiger partial charge in [-0.25, -0.2) is 0 Å². The topological polar surface area (TPSA) is 16.1 Å².